The van der Waals surface area contributed by atoms with Gasteiger partial charge in [-0.2, -0.15) is 9.37 Å². The molecule has 2 atom stereocenters. The quantitative estimate of drug-likeness (QED) is 0.552. The van der Waals surface area contributed by atoms with Crippen LogP contribution in [0.15, 0.2) is 30.3 Å². The van der Waals surface area contributed by atoms with Crippen LogP contribution < -0.4 is 0 Å². The van der Waals surface area contributed by atoms with Crippen LogP contribution >= 0.6 is 23.2 Å². The van der Waals surface area contributed by atoms with E-state index in [1.54, 1.807) is 25.1 Å². The van der Waals surface area contributed by atoms with Gasteiger partial charge in [0.15, 0.2) is 5.65 Å². The van der Waals surface area contributed by atoms with E-state index >= 15 is 0 Å². The highest BCUT2D eigenvalue weighted by Crippen LogP contribution is 2.35. The average molecular weight is 435 g/mol. The number of nitrogens with zero attached hydrogens (tertiary/aromatic N) is 3. The number of carbonyl (C=O) groups is 1. The molecule has 0 saturated heterocycles. The number of hydrogen-bond donors (Lipinski definition) is 1. The molecule has 1 fully saturated rings. The van der Waals surface area contributed by atoms with E-state index in [1.807, 2.05) is 11.0 Å². The van der Waals surface area contributed by atoms with Gasteiger partial charge in [0.2, 0.25) is 11.9 Å². The second-order valence-corrected chi connectivity index (χ2v) is 8.37. The molecule has 2 heterocycles. The van der Waals surface area contributed by atoms with Gasteiger partial charge in [-0.1, -0.05) is 35.7 Å². The second kappa shape index (κ2) is 8.28. The zero-order valence-electron chi connectivity index (χ0n) is 16.0. The van der Waals surface area contributed by atoms with Gasteiger partial charge < -0.3 is 9.88 Å². The third-order valence-electron chi connectivity index (χ3n) is 5.56. The molecule has 2 aromatic heterocycles. The summed E-state index contributed by atoms with van der Waals surface area (Å²) in [5, 5.41) is 1.13. The van der Waals surface area contributed by atoms with Gasteiger partial charge >= 0.3 is 0 Å². The van der Waals surface area contributed by atoms with E-state index in [9.17, 15) is 9.18 Å². The Balaban J connectivity index is 1.55. The first-order valence-corrected chi connectivity index (χ1v) is 10.4. The predicted octanol–water partition coefficient (Wildman–Crippen LogP) is 5.48. The highest BCUT2D eigenvalue weighted by molar-refractivity contribution is 6.35. The van der Waals surface area contributed by atoms with Crippen molar-refractivity contribution in [3.63, 3.8) is 0 Å². The number of aromatic amines is 1. The summed E-state index contributed by atoms with van der Waals surface area (Å²) >= 11 is 12.3. The van der Waals surface area contributed by atoms with Crippen LogP contribution in [0.3, 0.4) is 0 Å². The Kier molecular flexibility index (Phi) is 5.74. The van der Waals surface area contributed by atoms with Crippen molar-refractivity contribution in [2.45, 2.75) is 51.1 Å². The van der Waals surface area contributed by atoms with Gasteiger partial charge in [0.25, 0.3) is 0 Å². The third kappa shape index (κ3) is 4.38. The number of carbonyl (C=O) groups excluding carboxylic acids is 1. The van der Waals surface area contributed by atoms with Crippen molar-refractivity contribution in [3.05, 3.63) is 57.7 Å². The van der Waals surface area contributed by atoms with Gasteiger partial charge in [0.05, 0.1) is 5.52 Å². The molecule has 1 saturated carbocycles. The van der Waals surface area contributed by atoms with Crippen LogP contribution in [0.2, 0.25) is 10.0 Å². The van der Waals surface area contributed by atoms with Crippen molar-refractivity contribution in [1.29, 1.82) is 0 Å². The van der Waals surface area contributed by atoms with Crippen molar-refractivity contribution in [2.75, 3.05) is 0 Å². The number of nitrogens with one attached hydrogen (secondary N) is 1. The number of amides is 1. The number of fused-ring (bicyclic) bond motifs is 1. The number of rotatable bonds is 4. The van der Waals surface area contributed by atoms with E-state index < -0.39 is 5.95 Å². The zero-order chi connectivity index (χ0) is 20.5. The van der Waals surface area contributed by atoms with Gasteiger partial charge in [-0.25, -0.2) is 4.98 Å². The Morgan fingerprint density at radius 2 is 2.07 bits per heavy atom. The highest BCUT2D eigenvalue weighted by Gasteiger charge is 2.31. The zero-order valence-corrected chi connectivity index (χ0v) is 17.5. The number of H-pyrrole nitrogens is 1. The van der Waals surface area contributed by atoms with E-state index in [1.165, 1.54) is 6.07 Å². The average Bonchev–Trinajstić information content (AvgIpc) is 3.10. The molecule has 5 nitrogen and oxygen atoms in total. The molecule has 2 unspecified atom stereocenters. The minimum Gasteiger partial charge on any atom is -0.340 e. The number of benzene rings is 1. The third-order valence-corrected chi connectivity index (χ3v) is 6.15. The lowest BCUT2D eigenvalue weighted by Crippen LogP contribution is -2.41. The molecular weight excluding hydrogens is 414 g/mol. The van der Waals surface area contributed by atoms with Gasteiger partial charge in [0, 0.05) is 35.5 Å². The maximum absolute atomic E-state index is 13.4. The van der Waals surface area contributed by atoms with E-state index in [2.05, 4.69) is 15.0 Å². The molecule has 152 valence electrons. The topological polar surface area (TPSA) is 61.9 Å². The fourth-order valence-electron chi connectivity index (χ4n) is 4.11. The summed E-state index contributed by atoms with van der Waals surface area (Å²) in [5.74, 6) is 0.430. The largest absolute Gasteiger partial charge is 0.340 e. The summed E-state index contributed by atoms with van der Waals surface area (Å²) in [7, 11) is 0. The maximum atomic E-state index is 13.4. The Labute approximate surface area is 178 Å². The predicted molar refractivity (Wildman–Crippen MR) is 112 cm³/mol. The smallest absolute Gasteiger partial charge is 0.219 e. The van der Waals surface area contributed by atoms with Crippen molar-refractivity contribution in [2.24, 2.45) is 0 Å². The molecule has 0 aliphatic heterocycles. The molecule has 3 aromatic rings. The lowest BCUT2D eigenvalue weighted by molar-refractivity contribution is -0.132. The van der Waals surface area contributed by atoms with E-state index in [0.29, 0.717) is 22.2 Å². The first-order valence-electron chi connectivity index (χ1n) is 9.64. The summed E-state index contributed by atoms with van der Waals surface area (Å²) in [6.07, 6.45) is 3.65. The molecule has 0 spiro atoms. The van der Waals surface area contributed by atoms with Gasteiger partial charge in [0.1, 0.15) is 5.82 Å². The molecule has 8 heteroatoms. The molecule has 0 bridgehead atoms. The molecule has 1 amide bonds. The first kappa shape index (κ1) is 20.1. The molecule has 1 aromatic carbocycles. The minimum atomic E-state index is -0.542. The molecule has 29 heavy (non-hydrogen) atoms. The van der Waals surface area contributed by atoms with Crippen LogP contribution in [-0.4, -0.2) is 31.8 Å². The van der Waals surface area contributed by atoms with Gasteiger partial charge in [-0.15, -0.1) is 0 Å². The fraction of sp³-hybridized carbons (Fsp3) is 0.381. The van der Waals surface area contributed by atoms with E-state index in [0.717, 1.165) is 42.6 Å². The molecule has 0 radical (unpaired) electrons. The summed E-state index contributed by atoms with van der Waals surface area (Å²) < 4.78 is 13.4. The lowest BCUT2D eigenvalue weighted by atomic mass is 9.84. The van der Waals surface area contributed by atoms with Crippen LogP contribution in [0.1, 0.15) is 49.9 Å². The Bertz CT molecular complexity index is 1050. The standard InChI is InChI=1S/C21H21Cl2FN4O/c1-12(29)28(11-14-5-6-15(22)10-17(14)23)16-4-2-3-13(9-16)20-25-18-7-8-19(24)26-21(18)27-20/h5-8,10,13,16H,2-4,9,11H2,1H3,(H,25,26,27). The summed E-state index contributed by atoms with van der Waals surface area (Å²) in [4.78, 5) is 25.9. The number of halogens is 3. The Morgan fingerprint density at radius 1 is 1.24 bits per heavy atom. The van der Waals surface area contributed by atoms with Crippen LogP contribution in [0.25, 0.3) is 11.2 Å². The fourth-order valence-corrected chi connectivity index (χ4v) is 4.58. The molecule has 1 N–H and O–H groups in total. The van der Waals surface area contributed by atoms with E-state index in [-0.39, 0.29) is 17.9 Å². The van der Waals surface area contributed by atoms with Crippen LogP contribution in [0, 0.1) is 5.95 Å². The van der Waals surface area contributed by atoms with Crippen LogP contribution in [0.4, 0.5) is 4.39 Å². The van der Waals surface area contributed by atoms with Crippen molar-refractivity contribution >= 4 is 40.3 Å². The van der Waals surface area contributed by atoms with Gasteiger partial charge in [-0.05, 0) is 49.1 Å². The van der Waals surface area contributed by atoms with Crippen LogP contribution in [0.5, 0.6) is 0 Å². The van der Waals surface area contributed by atoms with Crippen molar-refractivity contribution in [3.8, 4) is 0 Å². The minimum absolute atomic E-state index is 0.00927. The Morgan fingerprint density at radius 3 is 2.83 bits per heavy atom. The lowest BCUT2D eigenvalue weighted by Gasteiger charge is -2.37. The Hall–Kier alpha value is -2.18. The maximum Gasteiger partial charge on any atom is 0.219 e. The number of pyridine rings is 1. The summed E-state index contributed by atoms with van der Waals surface area (Å²) in [5.41, 5.74) is 1.98. The SMILES string of the molecule is CC(=O)N(Cc1ccc(Cl)cc1Cl)C1CCCC(c2nc3nc(F)ccc3[nH]2)C1. The molecule has 1 aliphatic carbocycles. The monoisotopic (exact) mass is 434 g/mol. The summed E-state index contributed by atoms with van der Waals surface area (Å²) in [6.45, 7) is 2.02. The number of hydrogen-bond acceptors (Lipinski definition) is 3. The summed E-state index contributed by atoms with van der Waals surface area (Å²) in [6, 6.07) is 8.39. The number of aromatic nitrogens is 3. The van der Waals surface area contributed by atoms with Crippen molar-refractivity contribution in [1.82, 2.24) is 19.9 Å². The van der Waals surface area contributed by atoms with Gasteiger partial charge in [-0.3, -0.25) is 4.79 Å². The highest BCUT2D eigenvalue weighted by atomic mass is 35.5. The van der Waals surface area contributed by atoms with Crippen LogP contribution in [-0.2, 0) is 11.3 Å². The van der Waals surface area contributed by atoms with E-state index in [4.69, 9.17) is 23.2 Å². The molecule has 4 rings (SSSR count). The first-order chi connectivity index (χ1) is 13.9. The number of imidazole rings is 1. The van der Waals surface area contributed by atoms with Crippen molar-refractivity contribution < 1.29 is 9.18 Å². The molecule has 1 aliphatic rings. The normalized spacial score (nSPS) is 19.4. The second-order valence-electron chi connectivity index (χ2n) is 7.53. The molecular formula is C21H21Cl2FN4O.